The van der Waals surface area contributed by atoms with Crippen LogP contribution in [0.2, 0.25) is 18.1 Å². The topological polar surface area (TPSA) is 33.0 Å². The largest absolute Gasteiger partial charge is 0.543 e. The number of benzene rings is 1. The summed E-state index contributed by atoms with van der Waals surface area (Å²) >= 11 is 0. The third-order valence-electron chi connectivity index (χ3n) is 3.31. The molecule has 0 aliphatic carbocycles. The van der Waals surface area contributed by atoms with Crippen LogP contribution in [0.25, 0.3) is 0 Å². The molecule has 18 heavy (non-hydrogen) atoms. The minimum Gasteiger partial charge on any atom is -0.543 e. The summed E-state index contributed by atoms with van der Waals surface area (Å²) in [4.78, 5) is 0. The van der Waals surface area contributed by atoms with Gasteiger partial charge in [0.15, 0.2) is 0 Å². The monoisotopic (exact) mass is 269 g/mol. The van der Waals surface area contributed by atoms with Gasteiger partial charge in [-0.2, -0.15) is 5.26 Å². The Balaban J connectivity index is 3.12. The number of nitrogens with zero attached hydrogens (tertiary/aromatic N) is 1. The zero-order valence-electron chi connectivity index (χ0n) is 11.3. The Morgan fingerprint density at radius 3 is 1.94 bits per heavy atom. The molecule has 0 amide bonds. The average molecular weight is 269 g/mol. The number of nitriles is 1. The normalized spacial score (nSPS) is 12.1. The molecule has 1 rings (SSSR count). The minimum atomic E-state index is -2.14. The fourth-order valence-corrected chi connectivity index (χ4v) is 2.18. The number of hydrogen-bond acceptors (Lipinski definition) is 2. The minimum absolute atomic E-state index is 0.0617. The van der Waals surface area contributed by atoms with Crippen LogP contribution >= 0.6 is 0 Å². The van der Waals surface area contributed by atoms with Crippen molar-refractivity contribution in [3.63, 3.8) is 0 Å². The molecule has 0 fully saturated rings. The molecule has 0 N–H and O–H groups in total. The zero-order valence-corrected chi connectivity index (χ0v) is 12.3. The molecule has 0 unspecified atom stereocenters. The van der Waals surface area contributed by atoms with Gasteiger partial charge in [0.2, 0.25) is 8.32 Å². The highest BCUT2D eigenvalue weighted by molar-refractivity contribution is 6.74. The van der Waals surface area contributed by atoms with Crippen LogP contribution in [0.4, 0.5) is 8.78 Å². The molecule has 5 heteroatoms. The van der Waals surface area contributed by atoms with Gasteiger partial charge >= 0.3 is 0 Å². The lowest BCUT2D eigenvalue weighted by atomic mass is 10.2. The highest BCUT2D eigenvalue weighted by Crippen LogP contribution is 2.37. The molecule has 2 nitrogen and oxygen atoms in total. The first-order valence-electron chi connectivity index (χ1n) is 5.66. The molecule has 1 aromatic carbocycles. The van der Waals surface area contributed by atoms with Crippen molar-refractivity contribution < 1.29 is 13.2 Å². The van der Waals surface area contributed by atoms with Crippen molar-refractivity contribution in [2.75, 3.05) is 0 Å². The van der Waals surface area contributed by atoms with Crippen LogP contribution in [0.5, 0.6) is 5.75 Å². The quantitative estimate of drug-likeness (QED) is 0.753. The van der Waals surface area contributed by atoms with Gasteiger partial charge in [0, 0.05) is 12.1 Å². The van der Waals surface area contributed by atoms with Crippen molar-refractivity contribution in [3.05, 3.63) is 29.3 Å². The molecule has 0 atom stereocenters. The molecule has 98 valence electrons. The highest BCUT2D eigenvalue weighted by Gasteiger charge is 2.39. The van der Waals surface area contributed by atoms with Gasteiger partial charge in [0.25, 0.3) is 0 Å². The van der Waals surface area contributed by atoms with Gasteiger partial charge in [0.1, 0.15) is 29.0 Å². The molecular weight excluding hydrogens is 252 g/mol. The van der Waals surface area contributed by atoms with Crippen LogP contribution in [0.1, 0.15) is 26.3 Å². The van der Waals surface area contributed by atoms with Crippen molar-refractivity contribution in [1.82, 2.24) is 0 Å². The van der Waals surface area contributed by atoms with Crippen LogP contribution < -0.4 is 4.43 Å². The lowest BCUT2D eigenvalue weighted by Crippen LogP contribution is -2.43. The van der Waals surface area contributed by atoms with E-state index >= 15 is 0 Å². The molecular formula is C13H17F2NOSi. The lowest BCUT2D eigenvalue weighted by Gasteiger charge is -2.36. The fourth-order valence-electron chi connectivity index (χ4n) is 1.16. The summed E-state index contributed by atoms with van der Waals surface area (Å²) in [5.41, 5.74) is -0.572. The van der Waals surface area contributed by atoms with Gasteiger partial charge in [0.05, 0.1) is 0 Å². The Bertz CT molecular complexity index is 478. The first-order chi connectivity index (χ1) is 8.08. The van der Waals surface area contributed by atoms with E-state index in [1.54, 1.807) is 0 Å². The number of halogens is 2. The summed E-state index contributed by atoms with van der Waals surface area (Å²) in [5, 5.41) is 8.53. The van der Waals surface area contributed by atoms with E-state index in [-0.39, 0.29) is 10.8 Å². The summed E-state index contributed by atoms with van der Waals surface area (Å²) in [6.45, 7) is 10.1. The molecule has 0 spiro atoms. The van der Waals surface area contributed by atoms with Crippen LogP contribution in [0, 0.1) is 23.0 Å². The fraction of sp³-hybridized carbons (Fsp3) is 0.462. The van der Waals surface area contributed by atoms with Crippen molar-refractivity contribution >= 4 is 8.32 Å². The van der Waals surface area contributed by atoms with E-state index in [1.807, 2.05) is 33.9 Å². The molecule has 0 radical (unpaired) electrons. The summed E-state index contributed by atoms with van der Waals surface area (Å²) in [7, 11) is -2.14. The second-order valence-corrected chi connectivity index (χ2v) is 10.5. The van der Waals surface area contributed by atoms with Crippen LogP contribution in [0.15, 0.2) is 12.1 Å². The molecule has 0 aromatic heterocycles. The lowest BCUT2D eigenvalue weighted by molar-refractivity contribution is 0.478. The molecule has 0 aliphatic rings. The average Bonchev–Trinajstić information content (AvgIpc) is 2.14. The van der Waals surface area contributed by atoms with Gasteiger partial charge in [-0.1, -0.05) is 20.8 Å². The summed E-state index contributed by atoms with van der Waals surface area (Å²) in [6.07, 6.45) is 0. The van der Waals surface area contributed by atoms with Crippen molar-refractivity contribution in [2.24, 2.45) is 0 Å². The van der Waals surface area contributed by atoms with E-state index in [2.05, 4.69) is 0 Å². The van der Waals surface area contributed by atoms with Crippen LogP contribution in [-0.2, 0) is 0 Å². The van der Waals surface area contributed by atoms with Gasteiger partial charge in [-0.05, 0) is 18.1 Å². The van der Waals surface area contributed by atoms with E-state index in [0.717, 1.165) is 12.1 Å². The van der Waals surface area contributed by atoms with Gasteiger partial charge in [-0.25, -0.2) is 8.78 Å². The molecule has 0 saturated carbocycles. The Hall–Kier alpha value is -1.41. The smallest absolute Gasteiger partial charge is 0.250 e. The van der Waals surface area contributed by atoms with E-state index in [0.29, 0.717) is 0 Å². The van der Waals surface area contributed by atoms with Crippen LogP contribution in [0.3, 0.4) is 0 Å². The van der Waals surface area contributed by atoms with Gasteiger partial charge < -0.3 is 4.43 Å². The Morgan fingerprint density at radius 2 is 1.61 bits per heavy atom. The maximum absolute atomic E-state index is 13.5. The maximum atomic E-state index is 13.5. The van der Waals surface area contributed by atoms with Crippen molar-refractivity contribution in [3.8, 4) is 11.8 Å². The third kappa shape index (κ3) is 2.88. The van der Waals surface area contributed by atoms with E-state index < -0.39 is 25.5 Å². The molecule has 0 saturated heterocycles. The van der Waals surface area contributed by atoms with Crippen LogP contribution in [-0.4, -0.2) is 8.32 Å². The first-order valence-corrected chi connectivity index (χ1v) is 8.57. The predicted octanol–water partition coefficient (Wildman–Crippen LogP) is 4.22. The molecule has 0 bridgehead atoms. The SMILES string of the molecule is CC(C)(C)[Si](C)(C)Oc1cc(F)c(C#N)c(F)c1. The Morgan fingerprint density at radius 1 is 1.17 bits per heavy atom. The van der Waals surface area contributed by atoms with E-state index in [1.165, 1.54) is 6.07 Å². The highest BCUT2D eigenvalue weighted by atomic mass is 28.4. The summed E-state index contributed by atoms with van der Waals surface area (Å²) in [6, 6.07) is 3.63. The summed E-state index contributed by atoms with van der Waals surface area (Å²) in [5.74, 6) is -1.62. The molecule has 0 aliphatic heterocycles. The third-order valence-corrected chi connectivity index (χ3v) is 7.67. The molecule has 1 aromatic rings. The van der Waals surface area contributed by atoms with E-state index in [4.69, 9.17) is 9.69 Å². The predicted molar refractivity (Wildman–Crippen MR) is 68.9 cm³/mol. The second kappa shape index (κ2) is 4.69. The Labute approximate surface area is 107 Å². The van der Waals surface area contributed by atoms with E-state index in [9.17, 15) is 8.78 Å². The van der Waals surface area contributed by atoms with Gasteiger partial charge in [-0.15, -0.1) is 0 Å². The maximum Gasteiger partial charge on any atom is 0.250 e. The second-order valence-electron chi connectivity index (χ2n) is 5.74. The van der Waals surface area contributed by atoms with Gasteiger partial charge in [-0.3, -0.25) is 0 Å². The van der Waals surface area contributed by atoms with Crippen molar-refractivity contribution in [1.29, 1.82) is 5.26 Å². The zero-order chi connectivity index (χ0) is 14.1. The first kappa shape index (κ1) is 14.6. The number of rotatable bonds is 2. The Kier molecular flexibility index (Phi) is 3.82. The number of hydrogen-bond donors (Lipinski definition) is 0. The standard InChI is InChI=1S/C13H17F2NOSi/c1-13(2,3)18(4,5)17-9-6-11(14)10(8-16)12(15)7-9/h6-7H,1-5H3. The molecule has 0 heterocycles. The summed E-state index contributed by atoms with van der Waals surface area (Å²) < 4.78 is 32.7. The van der Waals surface area contributed by atoms with Crippen molar-refractivity contribution in [2.45, 2.75) is 38.9 Å².